The monoisotopic (exact) mass is 353 g/mol. The molecule has 0 unspecified atom stereocenters. The third-order valence-electron chi connectivity index (χ3n) is 4.23. The zero-order valence-electron chi connectivity index (χ0n) is 13.7. The Labute approximate surface area is 142 Å². The average Bonchev–Trinajstić information content (AvgIpc) is 3.40. The van der Waals surface area contributed by atoms with E-state index in [-0.39, 0.29) is 22.6 Å². The molecule has 1 aromatic rings. The van der Waals surface area contributed by atoms with Crippen molar-refractivity contribution in [2.75, 3.05) is 33.3 Å². The van der Waals surface area contributed by atoms with E-state index in [1.54, 1.807) is 17.0 Å². The Bertz CT molecular complexity index is 708. The van der Waals surface area contributed by atoms with Gasteiger partial charge in [-0.25, -0.2) is 13.1 Å². The van der Waals surface area contributed by atoms with E-state index < -0.39 is 10.0 Å². The normalized spacial score (nSPS) is 19.0. The number of rotatable bonds is 5. The maximum atomic E-state index is 12.7. The maximum Gasteiger partial charge on any atom is 0.253 e. The van der Waals surface area contributed by atoms with Crippen molar-refractivity contribution in [3.05, 3.63) is 23.8 Å². The summed E-state index contributed by atoms with van der Waals surface area (Å²) in [6.45, 7) is 2.92. The highest BCUT2D eigenvalue weighted by Crippen LogP contribution is 2.28. The van der Waals surface area contributed by atoms with Crippen LogP contribution in [0.25, 0.3) is 0 Å². The Hall–Kier alpha value is -1.64. The van der Waals surface area contributed by atoms with Crippen molar-refractivity contribution in [3.63, 3.8) is 0 Å². The van der Waals surface area contributed by atoms with E-state index in [9.17, 15) is 13.2 Å². The van der Waals surface area contributed by atoms with Gasteiger partial charge in [0.05, 0.1) is 7.11 Å². The number of sulfonamides is 1. The second-order valence-corrected chi connectivity index (χ2v) is 7.84. The van der Waals surface area contributed by atoms with Crippen LogP contribution in [0.15, 0.2) is 23.1 Å². The molecular formula is C16H23N3O4S. The third-order valence-corrected chi connectivity index (χ3v) is 5.77. The summed E-state index contributed by atoms with van der Waals surface area (Å²) in [6.07, 6.45) is 2.58. The topological polar surface area (TPSA) is 87.7 Å². The number of benzene rings is 1. The molecule has 24 heavy (non-hydrogen) atoms. The quantitative estimate of drug-likeness (QED) is 0.808. The average molecular weight is 353 g/mol. The van der Waals surface area contributed by atoms with E-state index >= 15 is 0 Å². The summed E-state index contributed by atoms with van der Waals surface area (Å²) in [6, 6.07) is 4.58. The fourth-order valence-electron chi connectivity index (χ4n) is 2.74. The van der Waals surface area contributed by atoms with Crippen LogP contribution in [-0.2, 0) is 10.0 Å². The molecule has 1 aliphatic heterocycles. The summed E-state index contributed by atoms with van der Waals surface area (Å²) in [7, 11) is -2.27. The molecule has 1 saturated heterocycles. The molecular weight excluding hydrogens is 330 g/mol. The lowest BCUT2D eigenvalue weighted by Crippen LogP contribution is -2.34. The molecule has 1 saturated carbocycles. The molecule has 1 amide bonds. The molecule has 2 aliphatic rings. The number of nitrogens with one attached hydrogen (secondary N) is 2. The van der Waals surface area contributed by atoms with Crippen LogP contribution in [0, 0.1) is 0 Å². The lowest BCUT2D eigenvalue weighted by Gasteiger charge is -2.20. The molecule has 0 radical (unpaired) electrons. The van der Waals surface area contributed by atoms with Crippen LogP contribution in [0.1, 0.15) is 29.6 Å². The fraction of sp³-hybridized carbons (Fsp3) is 0.562. The molecule has 2 N–H and O–H groups in total. The van der Waals surface area contributed by atoms with Crippen molar-refractivity contribution in [3.8, 4) is 5.75 Å². The first kappa shape index (κ1) is 17.2. The van der Waals surface area contributed by atoms with Gasteiger partial charge in [0.2, 0.25) is 10.0 Å². The van der Waals surface area contributed by atoms with Crippen molar-refractivity contribution < 1.29 is 17.9 Å². The maximum absolute atomic E-state index is 12.7. The van der Waals surface area contributed by atoms with Gasteiger partial charge in [0.1, 0.15) is 10.6 Å². The molecule has 0 aromatic heterocycles. The molecule has 7 nitrogen and oxygen atoms in total. The lowest BCUT2D eigenvalue weighted by molar-refractivity contribution is 0.0766. The third kappa shape index (κ3) is 3.88. The van der Waals surface area contributed by atoms with Gasteiger partial charge in [0.25, 0.3) is 5.91 Å². The molecule has 1 heterocycles. The minimum atomic E-state index is -3.69. The van der Waals surface area contributed by atoms with Gasteiger partial charge in [0, 0.05) is 31.2 Å². The fourth-order valence-corrected chi connectivity index (χ4v) is 4.24. The molecule has 8 heteroatoms. The number of carbonyl (C=O) groups excluding carboxylic acids is 1. The number of hydrogen-bond donors (Lipinski definition) is 2. The highest BCUT2D eigenvalue weighted by Gasteiger charge is 2.30. The summed E-state index contributed by atoms with van der Waals surface area (Å²) < 4.78 is 32.9. The highest BCUT2D eigenvalue weighted by molar-refractivity contribution is 7.89. The Morgan fingerprint density at radius 1 is 1.29 bits per heavy atom. The minimum Gasteiger partial charge on any atom is -0.495 e. The number of amides is 1. The summed E-state index contributed by atoms with van der Waals surface area (Å²) in [5.41, 5.74) is 0.369. The first-order chi connectivity index (χ1) is 11.5. The number of ether oxygens (including phenoxy) is 1. The minimum absolute atomic E-state index is 0.00394. The van der Waals surface area contributed by atoms with Gasteiger partial charge in [-0.15, -0.1) is 0 Å². The summed E-state index contributed by atoms with van der Waals surface area (Å²) in [5, 5.41) is 3.25. The van der Waals surface area contributed by atoms with Gasteiger partial charge in [-0.1, -0.05) is 0 Å². The SMILES string of the molecule is COc1ccc(C(=O)N2CCCNCC2)cc1S(=O)(=O)NC1CC1. The van der Waals surface area contributed by atoms with Crippen LogP contribution in [0.2, 0.25) is 0 Å². The van der Waals surface area contributed by atoms with Gasteiger partial charge in [0.15, 0.2) is 0 Å². The van der Waals surface area contributed by atoms with Crippen LogP contribution in [0.5, 0.6) is 5.75 Å². The molecule has 132 valence electrons. The van der Waals surface area contributed by atoms with Crippen molar-refractivity contribution in [2.45, 2.75) is 30.2 Å². The number of hydrogen-bond acceptors (Lipinski definition) is 5. The predicted molar refractivity (Wildman–Crippen MR) is 89.7 cm³/mol. The van der Waals surface area contributed by atoms with E-state index in [1.165, 1.54) is 13.2 Å². The van der Waals surface area contributed by atoms with Gasteiger partial charge in [-0.3, -0.25) is 4.79 Å². The standard InChI is InChI=1S/C16H23N3O4S/c1-23-14-6-3-12(16(20)19-9-2-7-17-8-10-19)11-15(14)24(21,22)18-13-4-5-13/h3,6,11,13,17-18H,2,4-5,7-10H2,1H3. The summed E-state index contributed by atoms with van der Waals surface area (Å²) >= 11 is 0. The van der Waals surface area contributed by atoms with Crippen molar-refractivity contribution in [1.29, 1.82) is 0 Å². The van der Waals surface area contributed by atoms with E-state index in [4.69, 9.17) is 4.74 Å². The van der Waals surface area contributed by atoms with Gasteiger partial charge in [-0.2, -0.15) is 0 Å². The molecule has 2 fully saturated rings. The molecule has 0 spiro atoms. The largest absolute Gasteiger partial charge is 0.495 e. The number of nitrogens with zero attached hydrogens (tertiary/aromatic N) is 1. The van der Waals surface area contributed by atoms with E-state index in [0.29, 0.717) is 18.7 Å². The van der Waals surface area contributed by atoms with Gasteiger partial charge >= 0.3 is 0 Å². The van der Waals surface area contributed by atoms with Crippen LogP contribution in [0.4, 0.5) is 0 Å². The van der Waals surface area contributed by atoms with Crippen molar-refractivity contribution in [2.24, 2.45) is 0 Å². The number of methoxy groups -OCH3 is 1. The van der Waals surface area contributed by atoms with Crippen LogP contribution < -0.4 is 14.8 Å². The number of carbonyl (C=O) groups is 1. The molecule has 0 atom stereocenters. The Morgan fingerprint density at radius 2 is 2.08 bits per heavy atom. The smallest absolute Gasteiger partial charge is 0.253 e. The summed E-state index contributed by atoms with van der Waals surface area (Å²) in [4.78, 5) is 14.5. The predicted octanol–water partition coefficient (Wildman–Crippen LogP) is 0.571. The van der Waals surface area contributed by atoms with E-state index in [0.717, 1.165) is 32.4 Å². The lowest BCUT2D eigenvalue weighted by atomic mass is 10.2. The first-order valence-electron chi connectivity index (χ1n) is 8.21. The molecule has 1 aromatic carbocycles. The zero-order valence-corrected chi connectivity index (χ0v) is 14.6. The van der Waals surface area contributed by atoms with Gasteiger partial charge < -0.3 is 15.0 Å². The zero-order chi connectivity index (χ0) is 17.2. The molecule has 0 bridgehead atoms. The first-order valence-corrected chi connectivity index (χ1v) is 9.70. The molecule has 1 aliphatic carbocycles. The van der Waals surface area contributed by atoms with Crippen molar-refractivity contribution in [1.82, 2.24) is 14.9 Å². The Kier molecular flexibility index (Phi) is 5.07. The van der Waals surface area contributed by atoms with Crippen LogP contribution in [0.3, 0.4) is 0 Å². The highest BCUT2D eigenvalue weighted by atomic mass is 32.2. The van der Waals surface area contributed by atoms with E-state index in [1.807, 2.05) is 0 Å². The summed E-state index contributed by atoms with van der Waals surface area (Å²) in [5.74, 6) is 0.0986. The Balaban J connectivity index is 1.88. The van der Waals surface area contributed by atoms with Crippen LogP contribution in [-0.4, -0.2) is 58.6 Å². The van der Waals surface area contributed by atoms with E-state index in [2.05, 4.69) is 10.0 Å². The second kappa shape index (κ2) is 7.08. The second-order valence-electron chi connectivity index (χ2n) is 6.16. The van der Waals surface area contributed by atoms with Crippen molar-refractivity contribution >= 4 is 15.9 Å². The molecule has 3 rings (SSSR count). The van der Waals surface area contributed by atoms with Gasteiger partial charge in [-0.05, 0) is 44.0 Å². The van der Waals surface area contributed by atoms with Crippen LogP contribution >= 0.6 is 0 Å². The Morgan fingerprint density at radius 3 is 2.79 bits per heavy atom.